The molecule has 0 aliphatic carbocycles. The number of hydrogen-bond donors (Lipinski definition) is 1. The molecule has 1 atom stereocenters. The van der Waals surface area contributed by atoms with Gasteiger partial charge in [0.25, 0.3) is 0 Å². The number of methoxy groups -OCH3 is 1. The maximum atomic E-state index is 13.6. The summed E-state index contributed by atoms with van der Waals surface area (Å²) in [7, 11) is 1.23. The fraction of sp³-hybridized carbons (Fsp3) is 0.364. The van der Waals surface area contributed by atoms with E-state index in [1.807, 2.05) is 0 Å². The molecule has 5 heteroatoms. The number of benzene rings is 1. The van der Waals surface area contributed by atoms with E-state index >= 15 is 0 Å². The molecule has 0 spiro atoms. The summed E-state index contributed by atoms with van der Waals surface area (Å²) in [5.74, 6) is 3.88. The lowest BCUT2D eigenvalue weighted by Crippen LogP contribution is -2.40. The van der Waals surface area contributed by atoms with Gasteiger partial charge in [-0.05, 0) is 13.0 Å². The summed E-state index contributed by atoms with van der Waals surface area (Å²) < 4.78 is 18.2. The number of halogens is 1. The molecule has 88 valence electrons. The number of carbonyl (C=O) groups excluding carboxylic acids is 1. The van der Waals surface area contributed by atoms with Gasteiger partial charge in [0.2, 0.25) is 0 Å². The quantitative estimate of drug-likeness (QED) is 0.619. The fourth-order valence-electron chi connectivity index (χ4n) is 1.55. The Balaban J connectivity index is 3.21. The van der Waals surface area contributed by atoms with E-state index in [0.717, 1.165) is 0 Å². The van der Waals surface area contributed by atoms with Crippen LogP contribution in [-0.4, -0.2) is 19.7 Å². The molecule has 0 amide bonds. The molecule has 0 aromatic heterocycles. The van der Waals surface area contributed by atoms with Gasteiger partial charge in [-0.3, -0.25) is 4.79 Å². The van der Waals surface area contributed by atoms with E-state index in [-0.39, 0.29) is 12.2 Å². The third-order valence-corrected chi connectivity index (χ3v) is 2.48. The Labute approximate surface area is 93.1 Å². The minimum Gasteiger partial charge on any atom is -0.468 e. The van der Waals surface area contributed by atoms with E-state index in [4.69, 9.17) is 5.90 Å². The molecule has 0 aliphatic rings. The Kier molecular flexibility index (Phi) is 3.98. The number of carbonyl (C=O) groups is 1. The van der Waals surface area contributed by atoms with Crippen LogP contribution < -0.4 is 5.90 Å². The lowest BCUT2D eigenvalue weighted by molar-refractivity contribution is -0.149. The van der Waals surface area contributed by atoms with E-state index in [1.165, 1.54) is 26.2 Å². The summed E-state index contributed by atoms with van der Waals surface area (Å²) >= 11 is 0. The predicted molar refractivity (Wildman–Crippen MR) is 55.9 cm³/mol. The molecule has 2 N–H and O–H groups in total. The minimum absolute atomic E-state index is 0.152. The number of nitrogens with two attached hydrogens (primary N) is 1. The van der Waals surface area contributed by atoms with Gasteiger partial charge in [-0.1, -0.05) is 18.2 Å². The Morgan fingerprint density at radius 1 is 1.50 bits per heavy atom. The van der Waals surface area contributed by atoms with Gasteiger partial charge in [-0.2, -0.15) is 0 Å². The zero-order valence-corrected chi connectivity index (χ0v) is 9.20. The molecule has 0 radical (unpaired) electrons. The molecule has 1 rings (SSSR count). The molecule has 0 aliphatic heterocycles. The second kappa shape index (κ2) is 5.05. The zero-order valence-electron chi connectivity index (χ0n) is 9.20. The molecule has 1 aromatic rings. The van der Waals surface area contributed by atoms with Crippen molar-refractivity contribution in [3.05, 3.63) is 35.6 Å². The normalized spacial score (nSPS) is 14.2. The van der Waals surface area contributed by atoms with Crippen LogP contribution in [0.1, 0.15) is 12.5 Å². The highest BCUT2D eigenvalue weighted by Gasteiger charge is 2.39. The average molecular weight is 227 g/mol. The number of esters is 1. The summed E-state index contributed by atoms with van der Waals surface area (Å²) in [5, 5.41) is 0. The van der Waals surface area contributed by atoms with E-state index in [1.54, 1.807) is 12.1 Å². The molecule has 1 aromatic carbocycles. The smallest absolute Gasteiger partial charge is 0.318 e. The standard InChI is InChI=1S/C11H14FNO3/c1-11(7-16-13,10(14)15-2)8-5-3-4-6-9(8)12/h3-6H,7,13H2,1-2H3. The molecule has 0 saturated carbocycles. The van der Waals surface area contributed by atoms with Gasteiger partial charge in [0.15, 0.2) is 0 Å². The number of ether oxygens (including phenoxy) is 1. The number of hydrogen-bond acceptors (Lipinski definition) is 4. The van der Waals surface area contributed by atoms with Gasteiger partial charge in [0, 0.05) is 5.56 Å². The molecule has 0 bridgehead atoms. The highest BCUT2D eigenvalue weighted by molar-refractivity contribution is 5.82. The first kappa shape index (κ1) is 12.6. The molecule has 1 unspecified atom stereocenters. The Bertz CT molecular complexity index is 383. The highest BCUT2D eigenvalue weighted by atomic mass is 19.1. The first-order chi connectivity index (χ1) is 7.56. The maximum absolute atomic E-state index is 13.6. The third-order valence-electron chi connectivity index (χ3n) is 2.48. The Morgan fingerprint density at radius 3 is 2.62 bits per heavy atom. The molecular weight excluding hydrogens is 213 g/mol. The zero-order chi connectivity index (χ0) is 12.2. The van der Waals surface area contributed by atoms with Gasteiger partial charge in [0.05, 0.1) is 13.7 Å². The molecule has 16 heavy (non-hydrogen) atoms. The van der Waals surface area contributed by atoms with Gasteiger partial charge in [0.1, 0.15) is 11.2 Å². The van der Waals surface area contributed by atoms with Crippen LogP contribution in [0.4, 0.5) is 4.39 Å². The van der Waals surface area contributed by atoms with E-state index < -0.39 is 17.2 Å². The summed E-state index contributed by atoms with van der Waals surface area (Å²) in [6.07, 6.45) is 0. The lowest BCUT2D eigenvalue weighted by atomic mass is 9.83. The van der Waals surface area contributed by atoms with Gasteiger partial charge < -0.3 is 9.57 Å². The largest absolute Gasteiger partial charge is 0.468 e. The van der Waals surface area contributed by atoms with Gasteiger partial charge in [-0.15, -0.1) is 0 Å². The predicted octanol–water partition coefficient (Wildman–Crippen LogP) is 1.15. The SMILES string of the molecule is COC(=O)C(C)(CON)c1ccccc1F. The molecule has 4 nitrogen and oxygen atoms in total. The maximum Gasteiger partial charge on any atom is 0.318 e. The van der Waals surface area contributed by atoms with Crippen LogP contribution in [-0.2, 0) is 19.8 Å². The van der Waals surface area contributed by atoms with Crippen LogP contribution in [0.15, 0.2) is 24.3 Å². The van der Waals surface area contributed by atoms with Crippen molar-refractivity contribution in [2.24, 2.45) is 5.90 Å². The highest BCUT2D eigenvalue weighted by Crippen LogP contribution is 2.27. The van der Waals surface area contributed by atoms with Crippen LogP contribution >= 0.6 is 0 Å². The van der Waals surface area contributed by atoms with Crippen LogP contribution in [0, 0.1) is 5.82 Å². The van der Waals surface area contributed by atoms with Gasteiger partial charge >= 0.3 is 5.97 Å². The molecule has 0 fully saturated rings. The van der Waals surface area contributed by atoms with Crippen LogP contribution in [0.5, 0.6) is 0 Å². The van der Waals surface area contributed by atoms with Gasteiger partial charge in [-0.25, -0.2) is 10.3 Å². The van der Waals surface area contributed by atoms with Crippen LogP contribution in [0.2, 0.25) is 0 Å². The van der Waals surface area contributed by atoms with E-state index in [9.17, 15) is 9.18 Å². The summed E-state index contributed by atoms with van der Waals surface area (Å²) in [6, 6.07) is 5.95. The third kappa shape index (κ3) is 2.20. The van der Waals surface area contributed by atoms with Crippen LogP contribution in [0.25, 0.3) is 0 Å². The van der Waals surface area contributed by atoms with Crippen molar-refractivity contribution < 1.29 is 18.8 Å². The minimum atomic E-state index is -1.24. The van der Waals surface area contributed by atoms with Crippen molar-refractivity contribution in [2.45, 2.75) is 12.3 Å². The van der Waals surface area contributed by atoms with Crippen molar-refractivity contribution in [1.82, 2.24) is 0 Å². The van der Waals surface area contributed by atoms with Crippen molar-refractivity contribution in [1.29, 1.82) is 0 Å². The van der Waals surface area contributed by atoms with Crippen molar-refractivity contribution >= 4 is 5.97 Å². The monoisotopic (exact) mass is 227 g/mol. The topological polar surface area (TPSA) is 61.5 Å². The van der Waals surface area contributed by atoms with Crippen molar-refractivity contribution in [3.63, 3.8) is 0 Å². The second-order valence-corrected chi connectivity index (χ2v) is 3.61. The lowest BCUT2D eigenvalue weighted by Gasteiger charge is -2.26. The average Bonchev–Trinajstić information content (AvgIpc) is 2.28. The fourth-order valence-corrected chi connectivity index (χ4v) is 1.55. The summed E-state index contributed by atoms with van der Waals surface area (Å²) in [4.78, 5) is 16.1. The first-order valence-corrected chi connectivity index (χ1v) is 4.71. The molecule has 0 saturated heterocycles. The number of rotatable bonds is 4. The molecule has 0 heterocycles. The van der Waals surface area contributed by atoms with Crippen molar-refractivity contribution in [2.75, 3.05) is 13.7 Å². The van der Waals surface area contributed by atoms with E-state index in [0.29, 0.717) is 0 Å². The molecular formula is C11H14FNO3. The van der Waals surface area contributed by atoms with Crippen molar-refractivity contribution in [3.8, 4) is 0 Å². The van der Waals surface area contributed by atoms with Crippen LogP contribution in [0.3, 0.4) is 0 Å². The van der Waals surface area contributed by atoms with E-state index in [2.05, 4.69) is 9.57 Å². The summed E-state index contributed by atoms with van der Waals surface area (Å²) in [5.41, 5.74) is -1.04. The first-order valence-electron chi connectivity index (χ1n) is 4.71. The second-order valence-electron chi connectivity index (χ2n) is 3.61. The Hall–Kier alpha value is -1.46. The summed E-state index contributed by atoms with van der Waals surface area (Å²) in [6.45, 7) is 1.37. The Morgan fingerprint density at radius 2 is 2.12 bits per heavy atom.